The van der Waals surface area contributed by atoms with Crippen LogP contribution in [-0.4, -0.2) is 30.3 Å². The van der Waals surface area contributed by atoms with Crippen LogP contribution in [0.4, 0.5) is 0 Å². The minimum Gasteiger partial charge on any atom is -0.459 e. The molecule has 1 heterocycles. The van der Waals surface area contributed by atoms with Gasteiger partial charge in [0.2, 0.25) is 5.78 Å². The molecule has 6 heteroatoms. The highest BCUT2D eigenvalue weighted by atomic mass is 16.5. The minimum atomic E-state index is -0.964. The molecule has 0 aliphatic rings. The summed E-state index contributed by atoms with van der Waals surface area (Å²) in [5.41, 5.74) is 4.29. The second-order valence-electron chi connectivity index (χ2n) is 7.48. The Balaban J connectivity index is 1.71. The molecule has 0 spiro atoms. The largest absolute Gasteiger partial charge is 0.459 e. The zero-order valence-corrected chi connectivity index (χ0v) is 17.8. The summed E-state index contributed by atoms with van der Waals surface area (Å²) in [5.74, 6) is -1.41. The van der Waals surface area contributed by atoms with Gasteiger partial charge in [0, 0.05) is 12.0 Å². The Bertz CT molecular complexity index is 1070. The Morgan fingerprint density at radius 3 is 2.32 bits per heavy atom. The van der Waals surface area contributed by atoms with Crippen molar-refractivity contribution in [2.24, 2.45) is 0 Å². The molecule has 3 rings (SSSR count). The summed E-state index contributed by atoms with van der Waals surface area (Å²) < 4.78 is 10.4. The van der Waals surface area contributed by atoms with Crippen molar-refractivity contribution in [2.45, 2.75) is 33.2 Å². The highest BCUT2D eigenvalue weighted by Crippen LogP contribution is 2.16. The summed E-state index contributed by atoms with van der Waals surface area (Å²) in [4.78, 5) is 37.8. The van der Waals surface area contributed by atoms with E-state index in [1.165, 1.54) is 12.3 Å². The predicted molar refractivity (Wildman–Crippen MR) is 116 cm³/mol. The van der Waals surface area contributed by atoms with Crippen LogP contribution in [0.1, 0.15) is 43.2 Å². The Hall–Kier alpha value is -3.67. The van der Waals surface area contributed by atoms with Gasteiger partial charge in [-0.25, -0.2) is 4.79 Å². The molecule has 1 amide bonds. The van der Waals surface area contributed by atoms with Crippen LogP contribution < -0.4 is 5.32 Å². The second-order valence-corrected chi connectivity index (χ2v) is 7.48. The third-order valence-corrected chi connectivity index (χ3v) is 5.10. The molecular formula is C25H25NO5. The summed E-state index contributed by atoms with van der Waals surface area (Å²) in [6.07, 6.45) is 1.60. The summed E-state index contributed by atoms with van der Waals surface area (Å²) in [6, 6.07) is 15.1. The van der Waals surface area contributed by atoms with Crippen LogP contribution in [0.3, 0.4) is 0 Å². The van der Waals surface area contributed by atoms with Crippen molar-refractivity contribution in [1.82, 2.24) is 5.32 Å². The van der Waals surface area contributed by atoms with Gasteiger partial charge >= 0.3 is 5.97 Å². The highest BCUT2D eigenvalue weighted by molar-refractivity contribution is 6.00. The number of hydrogen-bond donors (Lipinski definition) is 1. The van der Waals surface area contributed by atoms with Gasteiger partial charge in [-0.3, -0.25) is 9.59 Å². The molecule has 0 unspecified atom stereocenters. The number of aryl methyl sites for hydroxylation is 3. The average Bonchev–Trinajstić information content (AvgIpc) is 3.29. The molecule has 0 bridgehead atoms. The Morgan fingerprint density at radius 2 is 1.65 bits per heavy atom. The van der Waals surface area contributed by atoms with Crippen molar-refractivity contribution in [3.8, 4) is 0 Å². The number of furan rings is 1. The molecular weight excluding hydrogens is 394 g/mol. The summed E-state index contributed by atoms with van der Waals surface area (Å²) in [6.45, 7) is 5.36. The molecule has 1 N–H and O–H groups in total. The zero-order valence-electron chi connectivity index (χ0n) is 17.8. The second kappa shape index (κ2) is 9.89. The SMILES string of the molecule is Cc1cc(C)c(C(=O)COC(=O)[C@H](Cc2ccccc2)NC(=O)c2ccco2)cc1C. The lowest BCUT2D eigenvalue weighted by Gasteiger charge is -2.17. The highest BCUT2D eigenvalue weighted by Gasteiger charge is 2.25. The lowest BCUT2D eigenvalue weighted by Crippen LogP contribution is -2.43. The first-order chi connectivity index (χ1) is 14.8. The topological polar surface area (TPSA) is 85.6 Å². The van der Waals surface area contributed by atoms with Crippen LogP contribution in [0.15, 0.2) is 65.3 Å². The van der Waals surface area contributed by atoms with Gasteiger partial charge in [-0.15, -0.1) is 0 Å². The number of carbonyl (C=O) groups is 3. The van der Waals surface area contributed by atoms with Gasteiger partial charge in [-0.2, -0.15) is 0 Å². The third kappa shape index (κ3) is 5.69. The van der Waals surface area contributed by atoms with E-state index >= 15 is 0 Å². The number of Topliss-reactive ketones (excluding diaryl/α,β-unsaturated/α-hetero) is 1. The molecule has 0 aliphatic carbocycles. The number of ketones is 1. The monoisotopic (exact) mass is 419 g/mol. The summed E-state index contributed by atoms with van der Waals surface area (Å²) in [7, 11) is 0. The summed E-state index contributed by atoms with van der Waals surface area (Å²) >= 11 is 0. The number of esters is 1. The maximum absolute atomic E-state index is 12.8. The average molecular weight is 419 g/mol. The molecule has 31 heavy (non-hydrogen) atoms. The van der Waals surface area contributed by atoms with E-state index in [1.54, 1.807) is 12.1 Å². The number of hydrogen-bond acceptors (Lipinski definition) is 5. The number of amides is 1. The van der Waals surface area contributed by atoms with E-state index in [1.807, 2.05) is 57.2 Å². The van der Waals surface area contributed by atoms with Gasteiger partial charge in [-0.1, -0.05) is 36.4 Å². The van der Waals surface area contributed by atoms with Crippen molar-refractivity contribution >= 4 is 17.7 Å². The zero-order chi connectivity index (χ0) is 22.4. The fourth-order valence-electron chi connectivity index (χ4n) is 3.26. The standard InChI is InChI=1S/C25H25NO5/c1-16-12-18(3)20(13-17(16)2)22(27)15-31-25(29)21(14-19-8-5-4-6-9-19)26-24(28)23-10-7-11-30-23/h4-13,21H,14-15H2,1-3H3,(H,26,28)/t21-/m0/s1. The normalized spacial score (nSPS) is 11.6. The van der Waals surface area contributed by atoms with Crippen LogP contribution in [-0.2, 0) is 16.0 Å². The fourth-order valence-corrected chi connectivity index (χ4v) is 3.26. The molecule has 2 aromatic carbocycles. The van der Waals surface area contributed by atoms with Crippen molar-refractivity contribution in [2.75, 3.05) is 6.61 Å². The van der Waals surface area contributed by atoms with Crippen LogP contribution in [0.5, 0.6) is 0 Å². The van der Waals surface area contributed by atoms with Crippen LogP contribution in [0.25, 0.3) is 0 Å². The van der Waals surface area contributed by atoms with E-state index in [9.17, 15) is 14.4 Å². The quantitative estimate of drug-likeness (QED) is 0.441. The maximum Gasteiger partial charge on any atom is 0.329 e. The van der Waals surface area contributed by atoms with E-state index < -0.39 is 24.5 Å². The number of carbonyl (C=O) groups excluding carboxylic acids is 3. The van der Waals surface area contributed by atoms with Gasteiger partial charge in [0.25, 0.3) is 5.91 Å². The van der Waals surface area contributed by atoms with Crippen molar-refractivity contribution in [1.29, 1.82) is 0 Å². The molecule has 0 aliphatic heterocycles. The molecule has 6 nitrogen and oxygen atoms in total. The smallest absolute Gasteiger partial charge is 0.329 e. The van der Waals surface area contributed by atoms with Gasteiger partial charge in [-0.05, 0) is 61.2 Å². The van der Waals surface area contributed by atoms with Crippen LogP contribution in [0.2, 0.25) is 0 Å². The molecule has 0 fully saturated rings. The molecule has 3 aromatic rings. The van der Waals surface area contributed by atoms with E-state index in [4.69, 9.17) is 9.15 Å². The van der Waals surface area contributed by atoms with Gasteiger partial charge in [0.1, 0.15) is 6.04 Å². The number of ether oxygens (including phenoxy) is 1. The van der Waals surface area contributed by atoms with E-state index in [-0.39, 0.29) is 18.0 Å². The van der Waals surface area contributed by atoms with Gasteiger partial charge < -0.3 is 14.5 Å². The Kier molecular flexibility index (Phi) is 7.03. The first-order valence-corrected chi connectivity index (χ1v) is 10.0. The lowest BCUT2D eigenvalue weighted by atomic mass is 9.98. The van der Waals surface area contributed by atoms with Crippen molar-refractivity contribution in [3.05, 3.63) is 94.4 Å². The molecule has 1 atom stereocenters. The number of benzene rings is 2. The maximum atomic E-state index is 12.8. The summed E-state index contributed by atoms with van der Waals surface area (Å²) in [5, 5.41) is 2.64. The van der Waals surface area contributed by atoms with Crippen LogP contribution in [0, 0.1) is 20.8 Å². The predicted octanol–water partition coefficient (Wildman–Crippen LogP) is 3.97. The Labute approximate surface area is 181 Å². The van der Waals surface area contributed by atoms with E-state index in [0.29, 0.717) is 5.56 Å². The fraction of sp³-hybridized carbons (Fsp3) is 0.240. The first-order valence-electron chi connectivity index (χ1n) is 10.0. The van der Waals surface area contributed by atoms with Gasteiger partial charge in [0.05, 0.1) is 6.26 Å². The molecule has 160 valence electrons. The number of nitrogens with one attached hydrogen (secondary N) is 1. The molecule has 1 aromatic heterocycles. The third-order valence-electron chi connectivity index (χ3n) is 5.10. The molecule has 0 saturated heterocycles. The number of rotatable bonds is 8. The van der Waals surface area contributed by atoms with Crippen molar-refractivity contribution in [3.63, 3.8) is 0 Å². The minimum absolute atomic E-state index is 0.0905. The van der Waals surface area contributed by atoms with E-state index in [0.717, 1.165) is 22.3 Å². The lowest BCUT2D eigenvalue weighted by molar-refractivity contribution is -0.144. The molecule has 0 radical (unpaired) electrons. The van der Waals surface area contributed by atoms with E-state index in [2.05, 4.69) is 5.32 Å². The molecule has 0 saturated carbocycles. The first kappa shape index (κ1) is 22.0. The van der Waals surface area contributed by atoms with Crippen LogP contribution >= 0.6 is 0 Å². The van der Waals surface area contributed by atoms with Crippen molar-refractivity contribution < 1.29 is 23.5 Å². The van der Waals surface area contributed by atoms with Gasteiger partial charge in [0.15, 0.2) is 12.4 Å². The Morgan fingerprint density at radius 1 is 0.935 bits per heavy atom.